The highest BCUT2D eigenvalue weighted by molar-refractivity contribution is 5.28. The van der Waals surface area contributed by atoms with E-state index < -0.39 is 6.10 Å². The van der Waals surface area contributed by atoms with Crippen molar-refractivity contribution in [3.05, 3.63) is 186 Å². The van der Waals surface area contributed by atoms with Gasteiger partial charge in [0.15, 0.2) is 0 Å². The Kier molecular flexibility index (Phi) is 13.6. The number of hydrogen-bond acceptors (Lipinski definition) is 6. The zero-order valence-corrected chi connectivity index (χ0v) is 29.5. The van der Waals surface area contributed by atoms with Crippen LogP contribution in [0.2, 0.25) is 0 Å². The molecule has 1 aliphatic heterocycles. The average molecular weight is 684 g/mol. The zero-order chi connectivity index (χ0) is 35.1. The molecule has 0 N–H and O–H groups in total. The molecule has 0 bridgehead atoms. The maximum absolute atomic E-state index is 7.03. The maximum atomic E-state index is 7.03. The lowest BCUT2D eigenvalue weighted by molar-refractivity contribution is -0.230. The number of hydrogen-bond donors (Lipinski definition) is 0. The Hall–Kier alpha value is -4.56. The molecule has 0 amide bonds. The van der Waals surface area contributed by atoms with Gasteiger partial charge in [-0.1, -0.05) is 140 Å². The summed E-state index contributed by atoms with van der Waals surface area (Å²) in [7, 11) is 1.69. The third-order valence-corrected chi connectivity index (χ3v) is 9.45. The molecule has 264 valence electrons. The van der Waals surface area contributed by atoms with Crippen molar-refractivity contribution >= 4 is 0 Å². The van der Waals surface area contributed by atoms with E-state index in [1.54, 1.807) is 7.11 Å². The topological polar surface area (TPSA) is 49.4 Å². The standard InChI is InChI=1S/C45H49NO5/c1-3-16-41-43(49-31-37-19-10-5-11-20-37)45(51-33-39-23-14-7-15-24-39)44(50-32-38-21-12-6-13-22-38)42(34-48-30-36-17-8-4-9-18-36)46(41)29-35-25-27-40(47-2)28-26-35/h3-15,17-28,41-45H,1,16,29-34H2,2H3/t41-,42+,43+,44-,45-/m1/s1. The Bertz CT molecular complexity index is 1700. The van der Waals surface area contributed by atoms with Gasteiger partial charge >= 0.3 is 0 Å². The van der Waals surface area contributed by atoms with Crippen molar-refractivity contribution in [1.82, 2.24) is 4.90 Å². The van der Waals surface area contributed by atoms with E-state index in [9.17, 15) is 0 Å². The van der Waals surface area contributed by atoms with Crippen LogP contribution in [0.25, 0.3) is 0 Å². The fraction of sp³-hybridized carbons (Fsp3) is 0.289. The predicted molar refractivity (Wildman–Crippen MR) is 202 cm³/mol. The first-order valence-corrected chi connectivity index (χ1v) is 17.8. The maximum Gasteiger partial charge on any atom is 0.118 e. The molecule has 6 rings (SSSR count). The molecule has 1 fully saturated rings. The van der Waals surface area contributed by atoms with Gasteiger partial charge < -0.3 is 23.7 Å². The number of benzene rings is 5. The summed E-state index contributed by atoms with van der Waals surface area (Å²) in [5.74, 6) is 0.824. The van der Waals surface area contributed by atoms with Gasteiger partial charge in [-0.15, -0.1) is 6.58 Å². The van der Waals surface area contributed by atoms with Gasteiger partial charge in [-0.05, 0) is 46.4 Å². The highest BCUT2D eigenvalue weighted by Gasteiger charge is 2.51. The van der Waals surface area contributed by atoms with E-state index >= 15 is 0 Å². The van der Waals surface area contributed by atoms with Crippen molar-refractivity contribution in [1.29, 1.82) is 0 Å². The van der Waals surface area contributed by atoms with Gasteiger partial charge in [0.2, 0.25) is 0 Å². The van der Waals surface area contributed by atoms with Crippen molar-refractivity contribution in [2.24, 2.45) is 0 Å². The van der Waals surface area contributed by atoms with Crippen LogP contribution in [-0.4, -0.2) is 49.0 Å². The molecule has 5 aromatic carbocycles. The van der Waals surface area contributed by atoms with E-state index in [1.807, 2.05) is 91.0 Å². The minimum atomic E-state index is -0.403. The molecule has 0 spiro atoms. The minimum Gasteiger partial charge on any atom is -0.497 e. The first kappa shape index (κ1) is 36.2. The van der Waals surface area contributed by atoms with Crippen LogP contribution in [-0.2, 0) is 51.9 Å². The Morgan fingerprint density at radius 3 is 1.39 bits per heavy atom. The lowest BCUT2D eigenvalue weighted by atomic mass is 9.85. The fourth-order valence-electron chi connectivity index (χ4n) is 6.83. The summed E-state index contributed by atoms with van der Waals surface area (Å²) in [6, 6.07) is 49.3. The molecular formula is C45H49NO5. The molecule has 6 heteroatoms. The van der Waals surface area contributed by atoms with Crippen molar-refractivity contribution in [3.63, 3.8) is 0 Å². The SMILES string of the molecule is C=CC[C@@H]1[C@H](OCc2ccccc2)[C@@H](OCc2ccccc2)[C@H](OCc2ccccc2)[C@H](COCc2ccccc2)N1Cc1ccc(OC)cc1. The van der Waals surface area contributed by atoms with Crippen LogP contribution < -0.4 is 4.74 Å². The second kappa shape index (κ2) is 19.2. The quantitative estimate of drug-likeness (QED) is 0.0861. The molecular weight excluding hydrogens is 634 g/mol. The molecule has 0 aromatic heterocycles. The summed E-state index contributed by atoms with van der Waals surface area (Å²) in [5, 5.41) is 0. The highest BCUT2D eigenvalue weighted by Crippen LogP contribution is 2.36. The van der Waals surface area contributed by atoms with Gasteiger partial charge in [-0.3, -0.25) is 4.90 Å². The van der Waals surface area contributed by atoms with Crippen LogP contribution in [0.5, 0.6) is 5.75 Å². The Balaban J connectivity index is 1.40. The van der Waals surface area contributed by atoms with Crippen LogP contribution in [0, 0.1) is 0 Å². The van der Waals surface area contributed by atoms with Gasteiger partial charge in [-0.25, -0.2) is 0 Å². The number of methoxy groups -OCH3 is 1. The highest BCUT2D eigenvalue weighted by atomic mass is 16.6. The Labute approximate surface area is 303 Å². The lowest BCUT2D eigenvalue weighted by Crippen LogP contribution is -2.68. The molecule has 51 heavy (non-hydrogen) atoms. The summed E-state index contributed by atoms with van der Waals surface area (Å²) in [6.45, 7) is 7.11. The van der Waals surface area contributed by atoms with E-state index in [1.165, 1.54) is 0 Å². The van der Waals surface area contributed by atoms with Crippen LogP contribution >= 0.6 is 0 Å². The van der Waals surface area contributed by atoms with Gasteiger partial charge in [0.25, 0.3) is 0 Å². The smallest absolute Gasteiger partial charge is 0.118 e. The summed E-state index contributed by atoms with van der Waals surface area (Å²) >= 11 is 0. The Morgan fingerprint density at radius 2 is 0.941 bits per heavy atom. The summed E-state index contributed by atoms with van der Waals surface area (Å²) < 4.78 is 33.1. The van der Waals surface area contributed by atoms with E-state index in [0.29, 0.717) is 46.0 Å². The molecule has 0 saturated carbocycles. The monoisotopic (exact) mass is 683 g/mol. The molecule has 0 radical (unpaired) electrons. The number of likely N-dealkylation sites (tertiary alicyclic amines) is 1. The second-order valence-corrected chi connectivity index (χ2v) is 13.0. The third kappa shape index (κ3) is 10.3. The van der Waals surface area contributed by atoms with Gasteiger partial charge in [-0.2, -0.15) is 0 Å². The molecule has 1 saturated heterocycles. The predicted octanol–water partition coefficient (Wildman–Crippen LogP) is 8.80. The first-order chi connectivity index (χ1) is 25.2. The van der Waals surface area contributed by atoms with Crippen molar-refractivity contribution in [3.8, 4) is 5.75 Å². The molecule has 1 aliphatic rings. The number of rotatable bonds is 18. The zero-order valence-electron chi connectivity index (χ0n) is 29.5. The third-order valence-electron chi connectivity index (χ3n) is 9.45. The minimum absolute atomic E-state index is 0.0732. The van der Waals surface area contributed by atoms with Crippen LogP contribution in [0.4, 0.5) is 0 Å². The van der Waals surface area contributed by atoms with Crippen molar-refractivity contribution in [2.75, 3.05) is 13.7 Å². The summed E-state index contributed by atoms with van der Waals surface area (Å²) in [5.41, 5.74) is 5.58. The van der Waals surface area contributed by atoms with Crippen LogP contribution in [0.15, 0.2) is 158 Å². The second-order valence-electron chi connectivity index (χ2n) is 13.0. The van der Waals surface area contributed by atoms with E-state index in [4.69, 9.17) is 23.7 Å². The van der Waals surface area contributed by atoms with E-state index in [0.717, 1.165) is 33.6 Å². The van der Waals surface area contributed by atoms with E-state index in [-0.39, 0.29) is 24.3 Å². The molecule has 0 unspecified atom stereocenters. The van der Waals surface area contributed by atoms with Crippen LogP contribution in [0.3, 0.4) is 0 Å². The summed E-state index contributed by atoms with van der Waals surface area (Å²) in [6.07, 6.45) is 1.56. The van der Waals surface area contributed by atoms with Crippen molar-refractivity contribution < 1.29 is 23.7 Å². The molecule has 0 aliphatic carbocycles. The normalized spacial score (nSPS) is 20.5. The van der Waals surface area contributed by atoms with E-state index in [2.05, 4.69) is 72.1 Å². The fourth-order valence-corrected chi connectivity index (χ4v) is 6.83. The number of ether oxygens (including phenoxy) is 5. The largest absolute Gasteiger partial charge is 0.497 e. The van der Waals surface area contributed by atoms with Crippen molar-refractivity contribution in [2.45, 2.75) is 69.8 Å². The van der Waals surface area contributed by atoms with Crippen LogP contribution in [0.1, 0.15) is 34.2 Å². The van der Waals surface area contributed by atoms with Gasteiger partial charge in [0, 0.05) is 12.6 Å². The molecule has 5 aromatic rings. The van der Waals surface area contributed by atoms with Gasteiger partial charge in [0.1, 0.15) is 24.1 Å². The molecule has 6 nitrogen and oxygen atoms in total. The number of nitrogens with zero attached hydrogens (tertiary/aromatic N) is 1. The number of piperidine rings is 1. The average Bonchev–Trinajstić information content (AvgIpc) is 3.19. The lowest BCUT2D eigenvalue weighted by Gasteiger charge is -2.53. The van der Waals surface area contributed by atoms with Gasteiger partial charge in [0.05, 0.1) is 46.2 Å². The Morgan fingerprint density at radius 1 is 0.510 bits per heavy atom. The molecule has 5 atom stereocenters. The molecule has 1 heterocycles. The summed E-state index contributed by atoms with van der Waals surface area (Å²) in [4.78, 5) is 2.50. The first-order valence-electron chi connectivity index (χ1n) is 17.8.